The van der Waals surface area contributed by atoms with Crippen molar-refractivity contribution in [1.82, 2.24) is 15.8 Å². The van der Waals surface area contributed by atoms with Crippen LogP contribution in [0.3, 0.4) is 0 Å². The van der Waals surface area contributed by atoms with Crippen LogP contribution in [0.1, 0.15) is 12.8 Å². The number of hydrogen-bond acceptors (Lipinski definition) is 3. The predicted molar refractivity (Wildman–Crippen MR) is 43.0 cm³/mol. The summed E-state index contributed by atoms with van der Waals surface area (Å²) >= 11 is 0. The fraction of sp³-hybridized carbons (Fsp3) is 0.714. The molecule has 0 spiro atoms. The van der Waals surface area contributed by atoms with Gasteiger partial charge in [-0.25, -0.2) is 5.01 Å². The number of nitrogens with zero attached hydrogens (tertiary/aromatic N) is 1. The number of carbonyl (C=O) groups is 2. The molecule has 1 aliphatic heterocycles. The number of hydrazine groups is 1. The van der Waals surface area contributed by atoms with E-state index in [1.54, 1.807) is 5.01 Å². The molecule has 0 aromatic heterocycles. The summed E-state index contributed by atoms with van der Waals surface area (Å²) in [5.74, 6) is 0. The van der Waals surface area contributed by atoms with Gasteiger partial charge >= 0.3 is 0 Å². The standard InChI is InChI=1S/C7H13N3O2/c11-5-8-7-2-1-3-10(4-7)9-6-12/h5-7H,1-4H2,(H,8,11)(H,9,12). The van der Waals surface area contributed by atoms with Crippen molar-refractivity contribution in [3.63, 3.8) is 0 Å². The van der Waals surface area contributed by atoms with Crippen molar-refractivity contribution in [3.8, 4) is 0 Å². The van der Waals surface area contributed by atoms with Gasteiger partial charge in [0.05, 0.1) is 0 Å². The zero-order chi connectivity index (χ0) is 8.81. The first-order chi connectivity index (χ1) is 5.86. The van der Waals surface area contributed by atoms with E-state index in [1.807, 2.05) is 0 Å². The number of rotatable bonds is 4. The maximum atomic E-state index is 10.1. The Morgan fingerprint density at radius 1 is 1.33 bits per heavy atom. The monoisotopic (exact) mass is 171 g/mol. The van der Waals surface area contributed by atoms with Gasteiger partial charge in [-0.3, -0.25) is 15.0 Å². The quantitative estimate of drug-likeness (QED) is 0.525. The third-order valence-corrected chi connectivity index (χ3v) is 1.96. The second-order valence-corrected chi connectivity index (χ2v) is 2.82. The molecule has 0 radical (unpaired) electrons. The molecule has 0 bridgehead atoms. The molecule has 2 amide bonds. The van der Waals surface area contributed by atoms with Crippen LogP contribution in [0.5, 0.6) is 0 Å². The van der Waals surface area contributed by atoms with Gasteiger partial charge < -0.3 is 5.32 Å². The third kappa shape index (κ3) is 2.50. The molecule has 1 unspecified atom stereocenters. The van der Waals surface area contributed by atoms with Crippen molar-refractivity contribution < 1.29 is 9.59 Å². The molecule has 5 heteroatoms. The summed E-state index contributed by atoms with van der Waals surface area (Å²) < 4.78 is 0. The highest BCUT2D eigenvalue weighted by molar-refractivity contribution is 5.47. The average Bonchev–Trinajstić information content (AvgIpc) is 2.06. The Balaban J connectivity index is 2.29. The molecule has 1 saturated heterocycles. The van der Waals surface area contributed by atoms with Crippen LogP contribution in [-0.2, 0) is 9.59 Å². The summed E-state index contributed by atoms with van der Waals surface area (Å²) in [6, 6.07) is 0.170. The molecule has 0 aromatic carbocycles. The molecule has 0 saturated carbocycles. The van der Waals surface area contributed by atoms with E-state index >= 15 is 0 Å². The molecule has 1 heterocycles. The molecular formula is C7H13N3O2. The summed E-state index contributed by atoms with van der Waals surface area (Å²) in [5.41, 5.74) is 2.57. The van der Waals surface area contributed by atoms with Crippen molar-refractivity contribution in [1.29, 1.82) is 0 Å². The van der Waals surface area contributed by atoms with E-state index in [9.17, 15) is 9.59 Å². The largest absolute Gasteiger partial charge is 0.355 e. The molecule has 0 aliphatic carbocycles. The van der Waals surface area contributed by atoms with Crippen molar-refractivity contribution in [2.24, 2.45) is 0 Å². The molecule has 12 heavy (non-hydrogen) atoms. The van der Waals surface area contributed by atoms with E-state index in [2.05, 4.69) is 10.7 Å². The second-order valence-electron chi connectivity index (χ2n) is 2.82. The highest BCUT2D eigenvalue weighted by atomic mass is 16.1. The van der Waals surface area contributed by atoms with Gasteiger partial charge in [-0.2, -0.15) is 0 Å². The van der Waals surface area contributed by atoms with Crippen molar-refractivity contribution >= 4 is 12.8 Å². The Morgan fingerprint density at radius 2 is 2.17 bits per heavy atom. The van der Waals surface area contributed by atoms with E-state index < -0.39 is 0 Å². The lowest BCUT2D eigenvalue weighted by Gasteiger charge is -2.30. The predicted octanol–water partition coefficient (Wildman–Crippen LogP) is -1.14. The lowest BCUT2D eigenvalue weighted by Crippen LogP contribution is -2.50. The van der Waals surface area contributed by atoms with E-state index in [0.29, 0.717) is 19.4 Å². The van der Waals surface area contributed by atoms with Crippen LogP contribution in [0.4, 0.5) is 0 Å². The van der Waals surface area contributed by atoms with Crippen molar-refractivity contribution in [3.05, 3.63) is 0 Å². The number of piperidine rings is 1. The summed E-state index contributed by atoms with van der Waals surface area (Å²) in [4.78, 5) is 20.2. The first-order valence-electron chi connectivity index (χ1n) is 4.01. The minimum Gasteiger partial charge on any atom is -0.355 e. The first kappa shape index (κ1) is 8.99. The van der Waals surface area contributed by atoms with Crippen LogP contribution in [0.25, 0.3) is 0 Å². The van der Waals surface area contributed by atoms with Crippen molar-refractivity contribution in [2.45, 2.75) is 18.9 Å². The van der Waals surface area contributed by atoms with Gasteiger partial charge in [-0.15, -0.1) is 0 Å². The number of hydrogen-bond donors (Lipinski definition) is 2. The maximum absolute atomic E-state index is 10.1. The summed E-state index contributed by atoms with van der Waals surface area (Å²) in [6.45, 7) is 1.55. The van der Waals surface area contributed by atoms with Gasteiger partial charge in [0.25, 0.3) is 0 Å². The van der Waals surface area contributed by atoms with Crippen LogP contribution in [0, 0.1) is 0 Å². The van der Waals surface area contributed by atoms with Crippen LogP contribution < -0.4 is 10.7 Å². The Morgan fingerprint density at radius 3 is 2.83 bits per heavy atom. The maximum Gasteiger partial charge on any atom is 0.221 e. The van der Waals surface area contributed by atoms with Gasteiger partial charge in [-0.05, 0) is 12.8 Å². The zero-order valence-electron chi connectivity index (χ0n) is 6.82. The lowest BCUT2D eigenvalue weighted by atomic mass is 10.1. The van der Waals surface area contributed by atoms with Crippen LogP contribution in [0.15, 0.2) is 0 Å². The highest BCUT2D eigenvalue weighted by Crippen LogP contribution is 2.06. The Labute approximate surface area is 71.1 Å². The fourth-order valence-electron chi connectivity index (χ4n) is 1.40. The molecule has 1 rings (SSSR count). The Hall–Kier alpha value is -1.10. The van der Waals surface area contributed by atoms with Gasteiger partial charge in [-0.1, -0.05) is 0 Å². The normalized spacial score (nSPS) is 24.5. The highest BCUT2D eigenvalue weighted by Gasteiger charge is 2.18. The SMILES string of the molecule is O=CNC1CCCN(NC=O)C1. The topological polar surface area (TPSA) is 61.4 Å². The lowest BCUT2D eigenvalue weighted by molar-refractivity contribution is -0.114. The molecular weight excluding hydrogens is 158 g/mol. The molecule has 1 fully saturated rings. The summed E-state index contributed by atoms with van der Waals surface area (Å²) in [6.07, 6.45) is 3.33. The minimum atomic E-state index is 0.170. The van der Waals surface area contributed by atoms with Crippen molar-refractivity contribution in [2.75, 3.05) is 13.1 Å². The molecule has 68 valence electrons. The first-order valence-corrected chi connectivity index (χ1v) is 4.01. The van der Waals surface area contributed by atoms with Gasteiger partial charge in [0.15, 0.2) is 0 Å². The molecule has 5 nitrogen and oxygen atoms in total. The van der Waals surface area contributed by atoms with Crippen LogP contribution >= 0.6 is 0 Å². The molecule has 2 N–H and O–H groups in total. The van der Waals surface area contributed by atoms with Crippen LogP contribution in [-0.4, -0.2) is 37.0 Å². The van der Waals surface area contributed by atoms with Gasteiger partial charge in [0.1, 0.15) is 0 Å². The van der Waals surface area contributed by atoms with E-state index in [4.69, 9.17) is 0 Å². The van der Waals surface area contributed by atoms with Crippen LogP contribution in [0.2, 0.25) is 0 Å². The van der Waals surface area contributed by atoms with E-state index in [1.165, 1.54) is 0 Å². The van der Waals surface area contributed by atoms with Gasteiger partial charge in [0, 0.05) is 19.1 Å². The Kier molecular flexibility index (Phi) is 3.53. The summed E-state index contributed by atoms with van der Waals surface area (Å²) in [7, 11) is 0. The Bertz CT molecular complexity index is 147. The average molecular weight is 171 g/mol. The number of nitrogens with one attached hydrogen (secondary N) is 2. The third-order valence-electron chi connectivity index (χ3n) is 1.96. The van der Waals surface area contributed by atoms with Gasteiger partial charge in [0.2, 0.25) is 12.8 Å². The van der Waals surface area contributed by atoms with E-state index in [0.717, 1.165) is 19.4 Å². The molecule has 1 aliphatic rings. The fourth-order valence-corrected chi connectivity index (χ4v) is 1.40. The number of amides is 2. The minimum absolute atomic E-state index is 0.170. The van der Waals surface area contributed by atoms with E-state index in [-0.39, 0.29) is 6.04 Å². The zero-order valence-corrected chi connectivity index (χ0v) is 6.82. The second kappa shape index (κ2) is 4.71. The smallest absolute Gasteiger partial charge is 0.221 e. The number of carbonyl (C=O) groups excluding carboxylic acids is 2. The molecule has 0 aromatic rings. The molecule has 1 atom stereocenters. The summed E-state index contributed by atoms with van der Waals surface area (Å²) in [5, 5.41) is 4.50.